The Kier molecular flexibility index (Phi) is 15.0. The molecule has 6 aromatic carbocycles. The Bertz CT molecular complexity index is 1860. The van der Waals surface area contributed by atoms with E-state index < -0.39 is 0 Å². The number of fused-ring (bicyclic) bond motifs is 2. The molecule has 0 amide bonds. The quantitative estimate of drug-likeness (QED) is 0.142. The fourth-order valence-electron chi connectivity index (χ4n) is 5.65. The number of hydrogen-bond donors (Lipinski definition) is 0. The summed E-state index contributed by atoms with van der Waals surface area (Å²) in [6.07, 6.45) is 0. The van der Waals surface area contributed by atoms with Gasteiger partial charge in [0.15, 0.2) is 0 Å². The van der Waals surface area contributed by atoms with E-state index in [9.17, 15) is 0 Å². The van der Waals surface area contributed by atoms with Gasteiger partial charge in [0.05, 0.1) is 0 Å². The Morgan fingerprint density at radius 3 is 1.83 bits per heavy atom. The van der Waals surface area contributed by atoms with Crippen LogP contribution < -0.4 is 24.8 Å². The molecular weight excluding hydrogens is 695 g/mol. The van der Waals surface area contributed by atoms with Crippen LogP contribution in [0, 0.1) is 20.8 Å². The van der Waals surface area contributed by atoms with E-state index in [1.54, 1.807) is 23.3 Å². The number of hydrogen-bond acceptors (Lipinski definition) is 0. The van der Waals surface area contributed by atoms with Crippen molar-refractivity contribution in [2.24, 2.45) is 0 Å². The van der Waals surface area contributed by atoms with Gasteiger partial charge in [-0.05, 0) is 34.9 Å². The smallest absolute Gasteiger partial charge is 0.0132 e. The number of halogens is 2. The molecule has 6 aromatic rings. The zero-order valence-corrected chi connectivity index (χ0v) is 34.1. The van der Waals surface area contributed by atoms with Crippen LogP contribution in [0.1, 0.15) is 68.4 Å². The van der Waals surface area contributed by atoms with Gasteiger partial charge in [-0.2, -0.15) is 12.1 Å². The topological polar surface area (TPSA) is 0 Å². The summed E-state index contributed by atoms with van der Waals surface area (Å²) in [7, 11) is 0. The molecule has 0 radical (unpaired) electrons. The Hall–Kier alpha value is -2.22. The van der Waals surface area contributed by atoms with Crippen molar-refractivity contribution in [3.8, 4) is 22.3 Å². The van der Waals surface area contributed by atoms with Crippen molar-refractivity contribution >= 4 is 27.0 Å². The molecule has 0 aliphatic heterocycles. The zero-order chi connectivity index (χ0) is 32.2. The van der Waals surface area contributed by atoms with Crippen LogP contribution in [0.15, 0.2) is 103 Å². The van der Waals surface area contributed by atoms with Crippen molar-refractivity contribution in [3.05, 3.63) is 131 Å². The first-order valence-electron chi connectivity index (χ1n) is 15.8. The molecule has 0 aliphatic rings. The standard InChI is InChI=1S/C22H25.C18H17.C2H6Si.2ClH.Zr/c1-14-11-19-16(3)15(2)13-20(21(19)12-14)17-7-9-18(10-8-17)22(4,5)6;1-13(2)16-11-15-9-6-10-17(18(15)12-16)14-7-4-3-5-8-14;1-3-2;;;/h7-13H,1-6H3;3-13H,1-2H3;1-2H3;2*1H;/q2*-1;;;;+2/p-2. The van der Waals surface area contributed by atoms with Crippen LogP contribution in [-0.2, 0) is 28.8 Å². The summed E-state index contributed by atoms with van der Waals surface area (Å²) >= 11 is 1.74. The molecule has 0 saturated heterocycles. The summed E-state index contributed by atoms with van der Waals surface area (Å²) in [5.74, 6) is 0.584. The van der Waals surface area contributed by atoms with Gasteiger partial charge in [0.25, 0.3) is 0 Å². The monoisotopic (exact) mass is 740 g/mol. The molecule has 0 spiro atoms. The molecule has 0 atom stereocenters. The van der Waals surface area contributed by atoms with E-state index in [0.717, 1.165) is 0 Å². The average Bonchev–Trinajstić information content (AvgIpc) is 3.59. The summed E-state index contributed by atoms with van der Waals surface area (Å²) in [4.78, 5) is 0. The van der Waals surface area contributed by atoms with E-state index in [-0.39, 0.29) is 35.7 Å². The van der Waals surface area contributed by atoms with E-state index in [4.69, 9.17) is 0 Å². The van der Waals surface area contributed by atoms with Crippen molar-refractivity contribution < 1.29 is 48.1 Å². The van der Waals surface area contributed by atoms with E-state index in [1.165, 1.54) is 71.6 Å². The molecule has 46 heavy (non-hydrogen) atoms. The summed E-state index contributed by atoms with van der Waals surface area (Å²) in [6, 6.07) is 37.9. The Morgan fingerprint density at radius 1 is 0.674 bits per heavy atom. The van der Waals surface area contributed by atoms with Gasteiger partial charge in [-0.1, -0.05) is 132 Å². The van der Waals surface area contributed by atoms with E-state index in [2.05, 4.69) is 172 Å². The van der Waals surface area contributed by atoms with Gasteiger partial charge >= 0.3 is 41.9 Å². The number of rotatable bonds is 3. The van der Waals surface area contributed by atoms with E-state index >= 15 is 0 Å². The maximum atomic E-state index is 2.34. The molecule has 0 N–H and O–H groups in total. The molecule has 4 heteroatoms. The van der Waals surface area contributed by atoms with Gasteiger partial charge in [-0.3, -0.25) is 0 Å². The minimum absolute atomic E-state index is 0. The number of aryl methyl sites for hydroxylation is 3. The minimum atomic E-state index is 0. The summed E-state index contributed by atoms with van der Waals surface area (Å²) in [5.41, 5.74) is 12.6. The number of benzene rings is 4. The normalized spacial score (nSPS) is 10.8. The second-order valence-corrected chi connectivity index (χ2v) is 23.0. The van der Waals surface area contributed by atoms with Crippen LogP contribution in [0.4, 0.5) is 0 Å². The minimum Gasteiger partial charge on any atom is -1.00 e. The van der Waals surface area contributed by atoms with Crippen LogP contribution in [0.25, 0.3) is 43.8 Å². The molecule has 0 heterocycles. The predicted octanol–water partition coefficient (Wildman–Crippen LogP) is 6.59. The Morgan fingerprint density at radius 2 is 1.26 bits per heavy atom. The van der Waals surface area contributed by atoms with Crippen molar-refractivity contribution in [2.75, 3.05) is 0 Å². The maximum Gasteiger partial charge on any atom is -0.0132 e. The second-order valence-electron chi connectivity index (χ2n) is 13.7. The summed E-state index contributed by atoms with van der Waals surface area (Å²) in [6.45, 7) is 22.5. The molecule has 0 fully saturated rings. The van der Waals surface area contributed by atoms with Gasteiger partial charge in [-0.25, -0.2) is 0 Å². The van der Waals surface area contributed by atoms with Crippen molar-refractivity contribution in [3.63, 3.8) is 0 Å². The maximum absolute atomic E-state index is 2.34. The van der Waals surface area contributed by atoms with Crippen molar-refractivity contribution in [2.45, 2.75) is 79.8 Å². The molecule has 0 unspecified atom stereocenters. The van der Waals surface area contributed by atoms with E-state index in [0.29, 0.717) is 5.92 Å². The Balaban J connectivity index is 0.000000280. The summed E-state index contributed by atoms with van der Waals surface area (Å²) < 4.78 is 0. The second kappa shape index (κ2) is 17.3. The average molecular weight is 743 g/mol. The molecule has 0 bridgehead atoms. The molecule has 6 rings (SSSR count). The van der Waals surface area contributed by atoms with Gasteiger partial charge in [0.2, 0.25) is 0 Å². The first-order chi connectivity index (χ1) is 20.8. The van der Waals surface area contributed by atoms with Crippen LogP contribution in [0.3, 0.4) is 0 Å². The van der Waals surface area contributed by atoms with Crippen LogP contribution >= 0.6 is 0 Å². The van der Waals surface area contributed by atoms with Gasteiger partial charge < -0.3 is 24.8 Å². The third-order valence-electron chi connectivity index (χ3n) is 8.27. The van der Waals surface area contributed by atoms with Crippen LogP contribution in [0.5, 0.6) is 0 Å². The molecule has 0 saturated carbocycles. The predicted molar refractivity (Wildman–Crippen MR) is 194 cm³/mol. The van der Waals surface area contributed by atoms with Crippen LogP contribution in [0.2, 0.25) is 13.1 Å². The van der Waals surface area contributed by atoms with Crippen molar-refractivity contribution in [1.29, 1.82) is 0 Å². The van der Waals surface area contributed by atoms with Gasteiger partial charge in [-0.15, -0.1) is 62.5 Å². The van der Waals surface area contributed by atoms with Gasteiger partial charge in [0, 0.05) is 0 Å². The van der Waals surface area contributed by atoms with Crippen LogP contribution in [-0.4, -0.2) is 5.43 Å². The molecule has 0 nitrogen and oxygen atoms in total. The Labute approximate surface area is 306 Å². The van der Waals surface area contributed by atoms with Gasteiger partial charge in [0.1, 0.15) is 0 Å². The zero-order valence-electron chi connectivity index (χ0n) is 29.1. The third kappa shape index (κ3) is 9.90. The molecular formula is C42H48Cl2SiZr-2. The first kappa shape index (κ1) is 40.0. The first-order valence-corrected chi connectivity index (χ1v) is 22.0. The molecule has 240 valence electrons. The molecule has 0 aromatic heterocycles. The van der Waals surface area contributed by atoms with E-state index in [1.807, 2.05) is 0 Å². The van der Waals surface area contributed by atoms with Crippen molar-refractivity contribution in [1.82, 2.24) is 0 Å². The fourth-order valence-corrected chi connectivity index (χ4v) is 5.65. The summed E-state index contributed by atoms with van der Waals surface area (Å²) in [5, 5.41) is 5.49. The largest absolute Gasteiger partial charge is 1.00 e. The SMILES string of the molecule is CC(C)c1cc2c(-c3ccccc3)cccc2[cH-]1.C[Si](C)=[Zr+2].Cc1cc2c(-c3ccc(C(C)(C)C)cc3)cc(C)c(C)c2[cH-]1.[Cl-].[Cl-]. The fraction of sp³-hybridized carbons (Fsp3) is 0.286. The third-order valence-corrected chi connectivity index (χ3v) is 8.27. The molecule has 0 aliphatic carbocycles.